The van der Waals surface area contributed by atoms with Crippen LogP contribution in [0, 0.1) is 11.4 Å². The van der Waals surface area contributed by atoms with E-state index < -0.39 is 11.4 Å². The molecule has 4 heterocycles. The highest BCUT2D eigenvalue weighted by atomic mass is 32.1. The fourth-order valence-corrected chi connectivity index (χ4v) is 5.11. The zero-order valence-corrected chi connectivity index (χ0v) is 17.4. The van der Waals surface area contributed by atoms with Gasteiger partial charge in [-0.3, -0.25) is 4.79 Å². The number of aromatic nitrogens is 4. The Morgan fingerprint density at radius 2 is 2.20 bits per heavy atom. The van der Waals surface area contributed by atoms with Crippen molar-refractivity contribution in [1.82, 2.24) is 19.5 Å². The second-order valence-corrected chi connectivity index (χ2v) is 8.88. The fraction of sp³-hybridized carbons (Fsp3) is 0.500. The summed E-state index contributed by atoms with van der Waals surface area (Å²) in [7, 11) is 1.44. The molecule has 1 aliphatic heterocycles. The fourth-order valence-electron chi connectivity index (χ4n) is 4.05. The summed E-state index contributed by atoms with van der Waals surface area (Å²) in [5.74, 6) is -0.462. The Morgan fingerprint density at radius 1 is 1.40 bits per heavy atom. The number of fused-ring (bicyclic) bond motifs is 1. The third-order valence-corrected chi connectivity index (χ3v) is 6.92. The summed E-state index contributed by atoms with van der Waals surface area (Å²) in [5.41, 5.74) is 0.585. The number of hydrogen-bond acceptors (Lipinski definition) is 7. The minimum Gasteiger partial charge on any atom is -0.479 e. The zero-order valence-electron chi connectivity index (χ0n) is 16.6. The van der Waals surface area contributed by atoms with Crippen LogP contribution >= 0.6 is 11.3 Å². The van der Waals surface area contributed by atoms with Crippen LogP contribution in [0.4, 0.5) is 9.52 Å². The number of hydrogen-bond donors (Lipinski definition) is 1. The molecule has 0 unspecified atom stereocenters. The maximum atomic E-state index is 14.9. The van der Waals surface area contributed by atoms with Crippen LogP contribution in [-0.4, -0.2) is 45.7 Å². The number of thiazole rings is 1. The Labute approximate surface area is 176 Å². The first kappa shape index (κ1) is 19.4. The quantitative estimate of drug-likeness (QED) is 0.602. The molecule has 1 saturated heterocycles. The van der Waals surface area contributed by atoms with Crippen LogP contribution in [0.15, 0.2) is 18.7 Å². The largest absolute Gasteiger partial charge is 0.479 e. The second kappa shape index (κ2) is 7.59. The van der Waals surface area contributed by atoms with E-state index in [1.165, 1.54) is 18.4 Å². The molecule has 0 bridgehead atoms. The van der Waals surface area contributed by atoms with Crippen molar-refractivity contribution in [3.8, 4) is 5.88 Å². The smallest absolute Gasteiger partial charge is 0.243 e. The van der Waals surface area contributed by atoms with Gasteiger partial charge in [0.25, 0.3) is 0 Å². The molecule has 158 valence electrons. The van der Waals surface area contributed by atoms with Crippen molar-refractivity contribution < 1.29 is 18.7 Å². The molecule has 30 heavy (non-hydrogen) atoms. The Morgan fingerprint density at radius 3 is 2.87 bits per heavy atom. The van der Waals surface area contributed by atoms with Gasteiger partial charge in [-0.2, -0.15) is 9.37 Å². The number of pyridine rings is 1. The summed E-state index contributed by atoms with van der Waals surface area (Å²) in [4.78, 5) is 25.6. The maximum Gasteiger partial charge on any atom is 0.243 e. The van der Waals surface area contributed by atoms with Crippen molar-refractivity contribution in [3.05, 3.63) is 30.2 Å². The molecular weight excluding hydrogens is 409 g/mol. The zero-order chi connectivity index (χ0) is 20.7. The molecule has 2 aliphatic rings. The molecule has 0 spiro atoms. The highest BCUT2D eigenvalue weighted by Gasteiger charge is 2.50. The lowest BCUT2D eigenvalue weighted by Gasteiger charge is -2.22. The number of ether oxygens (including phenoxy) is 2. The van der Waals surface area contributed by atoms with Gasteiger partial charge in [-0.15, -0.1) is 0 Å². The highest BCUT2D eigenvalue weighted by Crippen LogP contribution is 2.48. The van der Waals surface area contributed by atoms with Crippen LogP contribution in [0.1, 0.15) is 37.2 Å². The highest BCUT2D eigenvalue weighted by molar-refractivity contribution is 7.22. The van der Waals surface area contributed by atoms with Crippen LogP contribution in [0.2, 0.25) is 0 Å². The van der Waals surface area contributed by atoms with Gasteiger partial charge < -0.3 is 19.4 Å². The molecular formula is C20H22FN5O3S. The van der Waals surface area contributed by atoms with E-state index >= 15 is 0 Å². The summed E-state index contributed by atoms with van der Waals surface area (Å²) in [6.45, 7) is 1.77. The van der Waals surface area contributed by atoms with Crippen LogP contribution in [-0.2, 0) is 16.1 Å². The molecule has 1 aliphatic carbocycles. The summed E-state index contributed by atoms with van der Waals surface area (Å²) in [6, 6.07) is 0. The minimum atomic E-state index is -0.536. The molecule has 1 amide bonds. The van der Waals surface area contributed by atoms with Crippen molar-refractivity contribution in [3.63, 3.8) is 0 Å². The van der Waals surface area contributed by atoms with Gasteiger partial charge in [0.15, 0.2) is 5.13 Å². The van der Waals surface area contributed by atoms with Crippen molar-refractivity contribution in [2.45, 2.75) is 38.1 Å². The first-order valence-electron chi connectivity index (χ1n) is 9.98. The molecule has 1 N–H and O–H groups in total. The summed E-state index contributed by atoms with van der Waals surface area (Å²) in [6.07, 6.45) is 8.35. The van der Waals surface area contributed by atoms with Crippen LogP contribution < -0.4 is 10.1 Å². The molecule has 10 heteroatoms. The topological polar surface area (TPSA) is 91.2 Å². The number of methoxy groups -OCH3 is 1. The molecule has 3 aromatic heterocycles. The van der Waals surface area contributed by atoms with E-state index in [-0.39, 0.29) is 17.7 Å². The molecule has 0 aromatic carbocycles. The third-order valence-electron chi connectivity index (χ3n) is 5.92. The average Bonchev–Trinajstić information content (AvgIpc) is 3.15. The maximum absolute atomic E-state index is 14.9. The van der Waals surface area contributed by atoms with E-state index in [0.29, 0.717) is 40.7 Å². The summed E-state index contributed by atoms with van der Waals surface area (Å²) in [5, 5.41) is 3.39. The molecule has 0 radical (unpaired) electrons. The first-order chi connectivity index (χ1) is 14.6. The van der Waals surface area contributed by atoms with Gasteiger partial charge in [-0.05, 0) is 31.6 Å². The predicted octanol–water partition coefficient (Wildman–Crippen LogP) is 3.35. The third kappa shape index (κ3) is 3.43. The number of carbonyl (C=O) groups excluding carboxylic acids is 1. The van der Waals surface area contributed by atoms with Gasteiger partial charge in [0, 0.05) is 37.7 Å². The average molecular weight is 431 g/mol. The van der Waals surface area contributed by atoms with Gasteiger partial charge in [-0.1, -0.05) is 11.3 Å². The van der Waals surface area contributed by atoms with Crippen molar-refractivity contribution >= 4 is 32.6 Å². The number of nitrogens with one attached hydrogen (secondary N) is 1. The normalized spacial score (nSPS) is 18.5. The van der Waals surface area contributed by atoms with E-state index in [1.54, 1.807) is 12.5 Å². The van der Waals surface area contributed by atoms with Crippen molar-refractivity contribution in [1.29, 1.82) is 0 Å². The number of nitrogens with zero attached hydrogens (tertiary/aromatic N) is 4. The van der Waals surface area contributed by atoms with Crippen molar-refractivity contribution in [2.24, 2.45) is 5.41 Å². The standard InChI is InChI=1S/C20H22FN5O3S/c1-28-17-14-15(13(16(21)24-17)12-2-8-29-9-3-12)30-19(23-14)25-18(27)20(4-5-20)10-26-7-6-22-11-26/h6-7,11-12H,2-5,8-10H2,1H3,(H,23,25,27). The lowest BCUT2D eigenvalue weighted by Crippen LogP contribution is -2.28. The lowest BCUT2D eigenvalue weighted by molar-refractivity contribution is -0.121. The van der Waals surface area contributed by atoms with Gasteiger partial charge in [-0.25, -0.2) is 9.97 Å². The number of carbonyl (C=O) groups is 1. The SMILES string of the molecule is COc1nc(F)c(C2CCOCC2)c2sc(NC(=O)C3(Cn4ccnc4)CC3)nc12. The van der Waals surface area contributed by atoms with Crippen LogP contribution in [0.25, 0.3) is 10.2 Å². The molecule has 1 saturated carbocycles. The number of amides is 1. The summed E-state index contributed by atoms with van der Waals surface area (Å²) >= 11 is 1.28. The minimum absolute atomic E-state index is 0.0136. The monoisotopic (exact) mass is 431 g/mol. The Hall–Kier alpha value is -2.59. The molecule has 0 atom stereocenters. The number of anilines is 1. The van der Waals surface area contributed by atoms with E-state index in [1.807, 2.05) is 10.8 Å². The molecule has 5 rings (SSSR count). The van der Waals surface area contributed by atoms with E-state index in [2.05, 4.69) is 20.3 Å². The predicted molar refractivity (Wildman–Crippen MR) is 109 cm³/mol. The van der Waals surface area contributed by atoms with Gasteiger partial charge in [0.1, 0.15) is 5.52 Å². The van der Waals surface area contributed by atoms with Gasteiger partial charge in [0.2, 0.25) is 17.7 Å². The van der Waals surface area contributed by atoms with E-state index in [0.717, 1.165) is 25.7 Å². The first-order valence-corrected chi connectivity index (χ1v) is 10.8. The van der Waals surface area contributed by atoms with Crippen LogP contribution in [0.3, 0.4) is 0 Å². The molecule has 8 nitrogen and oxygen atoms in total. The molecule has 2 fully saturated rings. The van der Waals surface area contributed by atoms with E-state index in [4.69, 9.17) is 9.47 Å². The lowest BCUT2D eigenvalue weighted by atomic mass is 9.92. The second-order valence-electron chi connectivity index (χ2n) is 7.88. The number of imidazole rings is 1. The summed E-state index contributed by atoms with van der Waals surface area (Å²) < 4.78 is 28.2. The Bertz CT molecular complexity index is 1070. The van der Waals surface area contributed by atoms with Crippen molar-refractivity contribution in [2.75, 3.05) is 25.6 Å². The number of halogens is 1. The number of rotatable bonds is 6. The van der Waals surface area contributed by atoms with Gasteiger partial charge >= 0.3 is 0 Å². The van der Waals surface area contributed by atoms with Crippen LogP contribution in [0.5, 0.6) is 5.88 Å². The Kier molecular flexibility index (Phi) is 4.90. The Balaban J connectivity index is 1.46. The van der Waals surface area contributed by atoms with Gasteiger partial charge in [0.05, 0.1) is 23.6 Å². The molecule has 3 aromatic rings. The van der Waals surface area contributed by atoms with E-state index in [9.17, 15) is 9.18 Å².